The van der Waals surface area contributed by atoms with Crippen molar-refractivity contribution in [3.05, 3.63) is 0 Å². The molecular weight excluding hydrogens is 238 g/mol. The quantitative estimate of drug-likeness (QED) is 0.624. The average molecular weight is 271 g/mol. The minimum Gasteiger partial charge on any atom is -0.393 e. The van der Waals surface area contributed by atoms with Gasteiger partial charge in [0.2, 0.25) is 0 Å². The van der Waals surface area contributed by atoms with Crippen LogP contribution in [0.5, 0.6) is 0 Å². The number of hydrogen-bond donors (Lipinski definition) is 3. The van der Waals surface area contributed by atoms with E-state index in [1.54, 1.807) is 0 Å². The molecule has 0 aromatic heterocycles. The van der Waals surface area contributed by atoms with Crippen molar-refractivity contribution in [3.63, 3.8) is 0 Å². The molecule has 0 radical (unpaired) electrons. The summed E-state index contributed by atoms with van der Waals surface area (Å²) < 4.78 is 0. The third-order valence-corrected chi connectivity index (χ3v) is 4.33. The van der Waals surface area contributed by atoms with E-state index in [1.807, 2.05) is 0 Å². The third-order valence-electron chi connectivity index (χ3n) is 4.33. The van der Waals surface area contributed by atoms with Crippen molar-refractivity contribution in [2.45, 2.75) is 77.9 Å². The van der Waals surface area contributed by atoms with E-state index in [9.17, 15) is 10.2 Å². The van der Waals surface area contributed by atoms with Crippen LogP contribution in [0.1, 0.15) is 65.7 Å². The van der Waals surface area contributed by atoms with Crippen LogP contribution >= 0.6 is 0 Å². The number of aliphatic hydroxyl groups excluding tert-OH is 2. The van der Waals surface area contributed by atoms with E-state index in [0.29, 0.717) is 5.92 Å². The molecule has 1 heterocycles. The van der Waals surface area contributed by atoms with Crippen molar-refractivity contribution in [3.8, 4) is 0 Å². The number of aliphatic hydroxyl groups is 2. The van der Waals surface area contributed by atoms with Gasteiger partial charge in [0.25, 0.3) is 0 Å². The van der Waals surface area contributed by atoms with E-state index < -0.39 is 0 Å². The lowest BCUT2D eigenvalue weighted by Crippen LogP contribution is -2.29. The summed E-state index contributed by atoms with van der Waals surface area (Å²) in [4.78, 5) is 0. The van der Waals surface area contributed by atoms with Crippen LogP contribution in [0.4, 0.5) is 0 Å². The molecule has 1 aliphatic rings. The zero-order valence-electron chi connectivity index (χ0n) is 13.0. The molecule has 3 nitrogen and oxygen atoms in total. The summed E-state index contributed by atoms with van der Waals surface area (Å²) in [6, 6.07) is 0. The number of nitrogens with one attached hydrogen (secondary N) is 1. The Morgan fingerprint density at radius 3 is 2.21 bits per heavy atom. The summed E-state index contributed by atoms with van der Waals surface area (Å²) in [5, 5.41) is 23.3. The SMILES string of the molecule is CC(C)(C)C(O)CCCCC(O)CC1CCNCC1. The maximum atomic E-state index is 10.0. The zero-order valence-corrected chi connectivity index (χ0v) is 13.0. The Morgan fingerprint density at radius 1 is 1.05 bits per heavy atom. The summed E-state index contributed by atoms with van der Waals surface area (Å²) >= 11 is 0. The molecule has 3 N–H and O–H groups in total. The highest BCUT2D eigenvalue weighted by Crippen LogP contribution is 2.24. The molecule has 0 bridgehead atoms. The van der Waals surface area contributed by atoms with Crippen LogP contribution in [0, 0.1) is 11.3 Å². The van der Waals surface area contributed by atoms with Gasteiger partial charge in [-0.1, -0.05) is 33.6 Å². The Balaban J connectivity index is 2.05. The molecular formula is C16H33NO2. The van der Waals surface area contributed by atoms with E-state index in [1.165, 1.54) is 12.8 Å². The first kappa shape index (κ1) is 16.9. The van der Waals surface area contributed by atoms with Crippen LogP contribution in [0.25, 0.3) is 0 Å². The molecule has 0 aromatic carbocycles. The van der Waals surface area contributed by atoms with E-state index in [-0.39, 0.29) is 17.6 Å². The van der Waals surface area contributed by atoms with Gasteiger partial charge in [0.1, 0.15) is 0 Å². The highest BCUT2D eigenvalue weighted by Gasteiger charge is 2.21. The fraction of sp³-hybridized carbons (Fsp3) is 1.00. The first-order valence-electron chi connectivity index (χ1n) is 7.96. The highest BCUT2D eigenvalue weighted by molar-refractivity contribution is 4.74. The Morgan fingerprint density at radius 2 is 1.63 bits per heavy atom. The summed E-state index contributed by atoms with van der Waals surface area (Å²) in [5.41, 5.74) is -0.0201. The van der Waals surface area contributed by atoms with Gasteiger partial charge in [-0.25, -0.2) is 0 Å². The van der Waals surface area contributed by atoms with Crippen molar-refractivity contribution < 1.29 is 10.2 Å². The third kappa shape index (κ3) is 7.28. The fourth-order valence-electron chi connectivity index (χ4n) is 2.77. The van der Waals surface area contributed by atoms with Gasteiger partial charge in [0, 0.05) is 0 Å². The maximum absolute atomic E-state index is 10.0. The van der Waals surface area contributed by atoms with Gasteiger partial charge >= 0.3 is 0 Å². The smallest absolute Gasteiger partial charge is 0.0588 e. The molecule has 2 unspecified atom stereocenters. The number of rotatable bonds is 7. The Kier molecular flexibility index (Phi) is 7.33. The lowest BCUT2D eigenvalue weighted by Gasteiger charge is -2.26. The molecule has 0 aliphatic carbocycles. The van der Waals surface area contributed by atoms with Crippen molar-refractivity contribution in [2.24, 2.45) is 11.3 Å². The van der Waals surface area contributed by atoms with Crippen LogP contribution in [0.3, 0.4) is 0 Å². The topological polar surface area (TPSA) is 52.5 Å². The van der Waals surface area contributed by atoms with E-state index >= 15 is 0 Å². The van der Waals surface area contributed by atoms with Crippen molar-refractivity contribution in [2.75, 3.05) is 13.1 Å². The van der Waals surface area contributed by atoms with Crippen LogP contribution in [0.2, 0.25) is 0 Å². The van der Waals surface area contributed by atoms with Crippen LogP contribution in [-0.4, -0.2) is 35.5 Å². The molecule has 1 aliphatic heterocycles. The van der Waals surface area contributed by atoms with Gasteiger partial charge in [-0.15, -0.1) is 0 Å². The van der Waals surface area contributed by atoms with E-state index in [2.05, 4.69) is 26.1 Å². The second-order valence-corrected chi connectivity index (χ2v) is 7.25. The van der Waals surface area contributed by atoms with Crippen LogP contribution in [-0.2, 0) is 0 Å². The van der Waals surface area contributed by atoms with Gasteiger partial charge in [0.05, 0.1) is 12.2 Å². The molecule has 0 amide bonds. The molecule has 19 heavy (non-hydrogen) atoms. The first-order valence-corrected chi connectivity index (χ1v) is 7.96. The van der Waals surface area contributed by atoms with Crippen molar-refractivity contribution in [1.29, 1.82) is 0 Å². The van der Waals surface area contributed by atoms with Gasteiger partial charge in [-0.2, -0.15) is 0 Å². The largest absolute Gasteiger partial charge is 0.393 e. The number of piperidine rings is 1. The molecule has 0 aromatic rings. The van der Waals surface area contributed by atoms with Gasteiger partial charge in [0.15, 0.2) is 0 Å². The molecule has 1 rings (SSSR count). The molecule has 114 valence electrons. The van der Waals surface area contributed by atoms with Gasteiger partial charge < -0.3 is 15.5 Å². The predicted molar refractivity (Wildman–Crippen MR) is 80.1 cm³/mol. The molecule has 3 heteroatoms. The molecule has 0 spiro atoms. The minimum atomic E-state index is -0.228. The molecule has 1 fully saturated rings. The normalized spacial score (nSPS) is 21.3. The second kappa shape index (κ2) is 8.23. The lowest BCUT2D eigenvalue weighted by atomic mass is 9.85. The van der Waals surface area contributed by atoms with E-state index in [4.69, 9.17) is 0 Å². The lowest BCUT2D eigenvalue weighted by molar-refractivity contribution is 0.0514. The molecule has 1 saturated heterocycles. The zero-order chi connectivity index (χ0) is 14.3. The van der Waals surface area contributed by atoms with Crippen molar-refractivity contribution in [1.82, 2.24) is 5.32 Å². The van der Waals surface area contributed by atoms with Crippen molar-refractivity contribution >= 4 is 0 Å². The first-order chi connectivity index (χ1) is 8.89. The highest BCUT2D eigenvalue weighted by atomic mass is 16.3. The summed E-state index contributed by atoms with van der Waals surface area (Å²) in [7, 11) is 0. The Labute approximate surface area is 118 Å². The van der Waals surface area contributed by atoms with Gasteiger partial charge in [-0.3, -0.25) is 0 Å². The number of hydrogen-bond acceptors (Lipinski definition) is 3. The Hall–Kier alpha value is -0.120. The average Bonchev–Trinajstić information content (AvgIpc) is 2.34. The summed E-state index contributed by atoms with van der Waals surface area (Å²) in [5.74, 6) is 0.705. The number of unbranched alkanes of at least 4 members (excludes halogenated alkanes) is 1. The summed E-state index contributed by atoms with van der Waals surface area (Å²) in [6.07, 6.45) is 6.79. The Bertz CT molecular complexity index is 231. The minimum absolute atomic E-state index is 0.0201. The summed E-state index contributed by atoms with van der Waals surface area (Å²) in [6.45, 7) is 8.43. The monoisotopic (exact) mass is 271 g/mol. The molecule has 0 saturated carbocycles. The van der Waals surface area contributed by atoms with Crippen LogP contribution in [0.15, 0.2) is 0 Å². The van der Waals surface area contributed by atoms with E-state index in [0.717, 1.165) is 45.2 Å². The predicted octanol–water partition coefficient (Wildman–Crippen LogP) is 2.70. The van der Waals surface area contributed by atoms with Gasteiger partial charge in [-0.05, 0) is 56.5 Å². The maximum Gasteiger partial charge on any atom is 0.0588 e. The molecule has 2 atom stereocenters. The second-order valence-electron chi connectivity index (χ2n) is 7.25. The standard InChI is InChI=1S/C16H33NO2/c1-16(2,3)15(19)7-5-4-6-14(18)12-13-8-10-17-11-9-13/h13-15,17-19H,4-12H2,1-3H3. The fourth-order valence-corrected chi connectivity index (χ4v) is 2.77. The van der Waals surface area contributed by atoms with Crippen LogP contribution < -0.4 is 5.32 Å².